The summed E-state index contributed by atoms with van der Waals surface area (Å²) in [5.74, 6) is -1.26. The molecule has 0 heterocycles. The van der Waals surface area contributed by atoms with Crippen molar-refractivity contribution in [1.82, 2.24) is 5.48 Å². The minimum absolute atomic E-state index is 0.163. The zero-order valence-electron chi connectivity index (χ0n) is 8.89. The summed E-state index contributed by atoms with van der Waals surface area (Å²) in [5.41, 5.74) is 2.86. The van der Waals surface area contributed by atoms with Gasteiger partial charge in [-0.05, 0) is 12.0 Å². The van der Waals surface area contributed by atoms with Crippen molar-refractivity contribution in [1.29, 1.82) is 0 Å². The van der Waals surface area contributed by atoms with Gasteiger partial charge in [-0.25, -0.2) is 8.78 Å². The second-order valence-electron chi connectivity index (χ2n) is 3.74. The number of benzene rings is 1. The molecule has 0 aromatic heterocycles. The molecule has 1 N–H and O–H groups in total. The monoisotopic (exact) mass is 215 g/mol. The number of rotatable bonds is 5. The smallest absolute Gasteiger partial charge is 0.163 e. The van der Waals surface area contributed by atoms with E-state index in [-0.39, 0.29) is 12.1 Å². The van der Waals surface area contributed by atoms with Crippen molar-refractivity contribution in [3.63, 3.8) is 0 Å². The van der Waals surface area contributed by atoms with Gasteiger partial charge < -0.3 is 4.84 Å². The molecule has 0 aliphatic carbocycles. The van der Waals surface area contributed by atoms with Crippen LogP contribution in [0.15, 0.2) is 18.2 Å². The van der Waals surface area contributed by atoms with Gasteiger partial charge >= 0.3 is 0 Å². The van der Waals surface area contributed by atoms with Crippen molar-refractivity contribution in [3.05, 3.63) is 35.4 Å². The van der Waals surface area contributed by atoms with Crippen LogP contribution in [0.1, 0.15) is 19.4 Å². The van der Waals surface area contributed by atoms with Gasteiger partial charge in [-0.2, -0.15) is 5.48 Å². The normalized spacial score (nSPS) is 11.0. The van der Waals surface area contributed by atoms with Crippen molar-refractivity contribution >= 4 is 0 Å². The highest BCUT2D eigenvalue weighted by atomic mass is 19.2. The summed E-state index contributed by atoms with van der Waals surface area (Å²) in [6, 6.07) is 4.08. The molecule has 0 aliphatic rings. The molecular weight excluding hydrogens is 200 g/mol. The van der Waals surface area contributed by atoms with Crippen LogP contribution < -0.4 is 5.48 Å². The highest BCUT2D eigenvalue weighted by molar-refractivity contribution is 5.18. The predicted molar refractivity (Wildman–Crippen MR) is 54.0 cm³/mol. The molecule has 0 unspecified atom stereocenters. The molecule has 0 fully saturated rings. The second-order valence-corrected chi connectivity index (χ2v) is 3.74. The van der Waals surface area contributed by atoms with Gasteiger partial charge in [0.25, 0.3) is 0 Å². The van der Waals surface area contributed by atoms with Crippen LogP contribution in [0.4, 0.5) is 8.78 Å². The summed E-state index contributed by atoms with van der Waals surface area (Å²) >= 11 is 0. The Bertz CT molecular complexity index is 315. The minimum atomic E-state index is -0.835. The molecule has 4 heteroatoms. The Labute approximate surface area is 88.2 Å². The number of nitrogens with one attached hydrogen (secondary N) is 1. The average molecular weight is 215 g/mol. The van der Waals surface area contributed by atoms with Crippen LogP contribution in [0, 0.1) is 17.6 Å². The lowest BCUT2D eigenvalue weighted by Gasteiger charge is -2.08. The van der Waals surface area contributed by atoms with Crippen LogP contribution >= 0.6 is 0 Å². The van der Waals surface area contributed by atoms with Crippen LogP contribution in [0.5, 0.6) is 0 Å². The standard InChI is InChI=1S/C11H15F2NO/c1-8(2)7-15-14-6-9-4-3-5-10(12)11(9)13/h3-5,8,14H,6-7H2,1-2H3. The van der Waals surface area contributed by atoms with E-state index >= 15 is 0 Å². The molecule has 1 rings (SSSR count). The lowest BCUT2D eigenvalue weighted by Crippen LogP contribution is -2.18. The first kappa shape index (κ1) is 12.1. The lowest BCUT2D eigenvalue weighted by molar-refractivity contribution is 0.0190. The molecule has 0 bridgehead atoms. The maximum Gasteiger partial charge on any atom is 0.163 e. The average Bonchev–Trinajstić information content (AvgIpc) is 2.18. The molecule has 84 valence electrons. The Morgan fingerprint density at radius 2 is 2.07 bits per heavy atom. The maximum absolute atomic E-state index is 13.1. The van der Waals surface area contributed by atoms with Crippen molar-refractivity contribution in [2.75, 3.05) is 6.61 Å². The van der Waals surface area contributed by atoms with Crippen LogP contribution in [0.3, 0.4) is 0 Å². The summed E-state index contributed by atoms with van der Waals surface area (Å²) in [5, 5.41) is 0. The fourth-order valence-corrected chi connectivity index (χ4v) is 1.04. The van der Waals surface area contributed by atoms with E-state index in [9.17, 15) is 8.78 Å². The highest BCUT2D eigenvalue weighted by Gasteiger charge is 2.06. The second kappa shape index (κ2) is 5.78. The zero-order chi connectivity index (χ0) is 11.3. The molecule has 1 aromatic rings. The SMILES string of the molecule is CC(C)CONCc1cccc(F)c1F. The molecule has 0 saturated heterocycles. The van der Waals surface area contributed by atoms with Gasteiger partial charge in [0, 0.05) is 12.1 Å². The van der Waals surface area contributed by atoms with Crippen molar-refractivity contribution in [2.45, 2.75) is 20.4 Å². The summed E-state index contributed by atoms with van der Waals surface area (Å²) in [6.45, 7) is 4.71. The Kier molecular flexibility index (Phi) is 4.65. The van der Waals surface area contributed by atoms with E-state index in [0.717, 1.165) is 6.07 Å². The van der Waals surface area contributed by atoms with Gasteiger partial charge in [0.15, 0.2) is 11.6 Å². The van der Waals surface area contributed by atoms with Crippen molar-refractivity contribution in [2.24, 2.45) is 5.92 Å². The summed E-state index contributed by atoms with van der Waals surface area (Å²) in [4.78, 5) is 5.05. The zero-order valence-corrected chi connectivity index (χ0v) is 8.89. The van der Waals surface area contributed by atoms with E-state index in [2.05, 4.69) is 5.48 Å². The number of hydroxylamine groups is 1. The maximum atomic E-state index is 13.1. The van der Waals surface area contributed by atoms with Crippen molar-refractivity contribution in [3.8, 4) is 0 Å². The number of hydrogen-bond acceptors (Lipinski definition) is 2. The van der Waals surface area contributed by atoms with Crippen molar-refractivity contribution < 1.29 is 13.6 Å². The summed E-state index contributed by atoms with van der Waals surface area (Å²) < 4.78 is 25.9. The quantitative estimate of drug-likeness (QED) is 0.602. The van der Waals surface area contributed by atoms with Gasteiger partial charge in [-0.1, -0.05) is 26.0 Å². The molecule has 1 aromatic carbocycles. The molecule has 15 heavy (non-hydrogen) atoms. The van der Waals surface area contributed by atoms with Gasteiger partial charge in [-0.3, -0.25) is 0 Å². The van der Waals surface area contributed by atoms with E-state index < -0.39 is 11.6 Å². The Hall–Kier alpha value is -1.00. The Morgan fingerprint density at radius 3 is 2.73 bits per heavy atom. The molecule has 2 nitrogen and oxygen atoms in total. The van der Waals surface area contributed by atoms with Gasteiger partial charge in [0.1, 0.15) is 0 Å². The molecule has 0 spiro atoms. The largest absolute Gasteiger partial charge is 0.301 e. The van der Waals surface area contributed by atoms with E-state index in [1.165, 1.54) is 12.1 Å². The van der Waals surface area contributed by atoms with E-state index in [4.69, 9.17) is 4.84 Å². The highest BCUT2D eigenvalue weighted by Crippen LogP contribution is 2.10. The molecule has 0 amide bonds. The lowest BCUT2D eigenvalue weighted by atomic mass is 10.2. The molecular formula is C11H15F2NO. The fraction of sp³-hybridized carbons (Fsp3) is 0.455. The number of halogens is 2. The van der Waals surface area contributed by atoms with Crippen LogP contribution in [-0.4, -0.2) is 6.61 Å². The van der Waals surface area contributed by atoms with E-state index in [0.29, 0.717) is 12.5 Å². The molecule has 0 atom stereocenters. The summed E-state index contributed by atoms with van der Waals surface area (Å²) in [6.07, 6.45) is 0. The Morgan fingerprint density at radius 1 is 1.33 bits per heavy atom. The van der Waals surface area contributed by atoms with Crippen LogP contribution in [0.2, 0.25) is 0 Å². The topological polar surface area (TPSA) is 21.3 Å². The van der Waals surface area contributed by atoms with Gasteiger partial charge in [-0.15, -0.1) is 0 Å². The van der Waals surface area contributed by atoms with Gasteiger partial charge in [0.05, 0.1) is 6.61 Å². The first-order chi connectivity index (χ1) is 7.11. The number of hydrogen-bond donors (Lipinski definition) is 1. The minimum Gasteiger partial charge on any atom is -0.301 e. The third-order valence-corrected chi connectivity index (χ3v) is 1.81. The van der Waals surface area contributed by atoms with E-state index in [1.54, 1.807) is 0 Å². The third-order valence-electron chi connectivity index (χ3n) is 1.81. The Balaban J connectivity index is 2.41. The molecule has 0 saturated carbocycles. The summed E-state index contributed by atoms with van der Waals surface area (Å²) in [7, 11) is 0. The van der Waals surface area contributed by atoms with Crippen LogP contribution in [-0.2, 0) is 11.4 Å². The van der Waals surface area contributed by atoms with Crippen LogP contribution in [0.25, 0.3) is 0 Å². The molecule has 0 radical (unpaired) electrons. The first-order valence-electron chi connectivity index (χ1n) is 4.88. The molecule has 0 aliphatic heterocycles. The predicted octanol–water partition coefficient (Wildman–Crippen LogP) is 2.64. The van der Waals surface area contributed by atoms with E-state index in [1.807, 2.05) is 13.8 Å². The fourth-order valence-electron chi connectivity index (χ4n) is 1.04. The van der Waals surface area contributed by atoms with Gasteiger partial charge in [0.2, 0.25) is 0 Å². The first-order valence-corrected chi connectivity index (χ1v) is 4.88. The third kappa shape index (κ3) is 3.93.